The van der Waals surface area contributed by atoms with Crippen molar-refractivity contribution in [3.63, 3.8) is 0 Å². The summed E-state index contributed by atoms with van der Waals surface area (Å²) in [6.07, 6.45) is -4.33. The van der Waals surface area contributed by atoms with Crippen LogP contribution in [0.25, 0.3) is 0 Å². The summed E-state index contributed by atoms with van der Waals surface area (Å²) in [6, 6.07) is 14.9. The highest BCUT2D eigenvalue weighted by molar-refractivity contribution is 5.30. The molecule has 0 atom stereocenters. The van der Waals surface area contributed by atoms with Crippen molar-refractivity contribution in [1.29, 1.82) is 0 Å². The summed E-state index contributed by atoms with van der Waals surface area (Å²) in [5.74, 6) is 0.248. The van der Waals surface area contributed by atoms with Crippen molar-refractivity contribution in [2.45, 2.75) is 12.7 Å². The average molecular weight is 296 g/mol. The molecule has 0 spiro atoms. The molecule has 0 aliphatic carbocycles. The van der Waals surface area contributed by atoms with Gasteiger partial charge in [-0.2, -0.15) is 13.2 Å². The zero-order chi connectivity index (χ0) is 15.1. The van der Waals surface area contributed by atoms with Crippen LogP contribution in [0.4, 0.5) is 13.2 Å². The molecule has 0 bridgehead atoms. The highest BCUT2D eigenvalue weighted by Gasteiger charge is 2.30. The van der Waals surface area contributed by atoms with Gasteiger partial charge < -0.3 is 10.1 Å². The van der Waals surface area contributed by atoms with Crippen LogP contribution >= 0.6 is 0 Å². The lowest BCUT2D eigenvalue weighted by Gasteiger charge is -2.09. The summed E-state index contributed by atoms with van der Waals surface area (Å²) in [5, 5.41) is 2.06. The lowest BCUT2D eigenvalue weighted by molar-refractivity contribution is -0.671. The molecule has 0 unspecified atom stereocenters. The first-order valence-corrected chi connectivity index (χ1v) is 6.71. The number of ether oxygens (including phenoxy) is 1. The molecular formula is C16H17F3NO+. The smallest absolute Gasteiger partial charge is 0.416 e. The second-order valence-electron chi connectivity index (χ2n) is 4.64. The Morgan fingerprint density at radius 1 is 0.952 bits per heavy atom. The van der Waals surface area contributed by atoms with Crippen LogP contribution in [-0.2, 0) is 12.7 Å². The summed E-state index contributed by atoms with van der Waals surface area (Å²) >= 11 is 0. The van der Waals surface area contributed by atoms with Gasteiger partial charge in [0.1, 0.15) is 25.4 Å². The molecule has 2 N–H and O–H groups in total. The van der Waals surface area contributed by atoms with Gasteiger partial charge in [-0.15, -0.1) is 0 Å². The van der Waals surface area contributed by atoms with Crippen LogP contribution in [0.1, 0.15) is 11.1 Å². The Kier molecular flexibility index (Phi) is 5.22. The third kappa shape index (κ3) is 5.11. The molecule has 2 rings (SSSR count). The van der Waals surface area contributed by atoms with Gasteiger partial charge in [0.15, 0.2) is 0 Å². The Balaban J connectivity index is 1.74. The second kappa shape index (κ2) is 7.13. The molecule has 0 radical (unpaired) electrons. The van der Waals surface area contributed by atoms with Gasteiger partial charge in [-0.05, 0) is 18.2 Å². The van der Waals surface area contributed by atoms with Crippen LogP contribution in [0.15, 0.2) is 54.6 Å². The predicted octanol–water partition coefficient (Wildman–Crippen LogP) is 2.85. The third-order valence-electron chi connectivity index (χ3n) is 2.97. The van der Waals surface area contributed by atoms with Crippen molar-refractivity contribution < 1.29 is 23.2 Å². The number of rotatable bonds is 6. The fourth-order valence-corrected chi connectivity index (χ4v) is 1.91. The average Bonchev–Trinajstić information content (AvgIpc) is 2.47. The Labute approximate surface area is 121 Å². The molecule has 5 heteroatoms. The molecule has 2 aromatic rings. The Bertz CT molecular complexity index is 555. The van der Waals surface area contributed by atoms with E-state index in [9.17, 15) is 13.2 Å². The zero-order valence-electron chi connectivity index (χ0n) is 11.4. The lowest BCUT2D eigenvalue weighted by atomic mass is 10.2. The van der Waals surface area contributed by atoms with Crippen molar-refractivity contribution in [2.24, 2.45) is 0 Å². The molecule has 0 heterocycles. The van der Waals surface area contributed by atoms with Crippen molar-refractivity contribution in [3.05, 3.63) is 65.7 Å². The molecular weight excluding hydrogens is 279 g/mol. The number of hydrogen-bond donors (Lipinski definition) is 1. The molecule has 0 saturated carbocycles. The van der Waals surface area contributed by atoms with E-state index >= 15 is 0 Å². The number of halogens is 3. The summed E-state index contributed by atoms with van der Waals surface area (Å²) in [6.45, 7) is 1.88. The minimum absolute atomic E-state index is 0.248. The molecule has 0 amide bonds. The maximum atomic E-state index is 12.5. The highest BCUT2D eigenvalue weighted by atomic mass is 19.4. The van der Waals surface area contributed by atoms with Crippen molar-refractivity contribution in [1.82, 2.24) is 0 Å². The van der Waals surface area contributed by atoms with Crippen LogP contribution in [0.5, 0.6) is 5.75 Å². The fraction of sp³-hybridized carbons (Fsp3) is 0.250. The molecule has 21 heavy (non-hydrogen) atoms. The van der Waals surface area contributed by atoms with Crippen LogP contribution in [0.2, 0.25) is 0 Å². The van der Waals surface area contributed by atoms with E-state index in [1.54, 1.807) is 0 Å². The van der Waals surface area contributed by atoms with E-state index in [-0.39, 0.29) is 5.75 Å². The first-order chi connectivity index (χ1) is 10.1. The Morgan fingerprint density at radius 3 is 2.43 bits per heavy atom. The predicted molar refractivity (Wildman–Crippen MR) is 73.9 cm³/mol. The van der Waals surface area contributed by atoms with E-state index in [0.717, 1.165) is 18.7 Å². The van der Waals surface area contributed by atoms with E-state index < -0.39 is 11.7 Å². The van der Waals surface area contributed by atoms with Gasteiger partial charge in [-0.1, -0.05) is 36.4 Å². The minimum Gasteiger partial charge on any atom is -0.488 e. The summed E-state index contributed by atoms with van der Waals surface area (Å²) in [4.78, 5) is 0. The van der Waals surface area contributed by atoms with E-state index in [1.807, 2.05) is 30.3 Å². The van der Waals surface area contributed by atoms with E-state index in [0.29, 0.717) is 13.2 Å². The van der Waals surface area contributed by atoms with Gasteiger partial charge in [-0.25, -0.2) is 0 Å². The molecule has 0 aliphatic heterocycles. The van der Waals surface area contributed by atoms with Gasteiger partial charge in [0.25, 0.3) is 0 Å². The van der Waals surface area contributed by atoms with Gasteiger partial charge in [0.2, 0.25) is 0 Å². The molecule has 0 aliphatic rings. The van der Waals surface area contributed by atoms with E-state index in [1.165, 1.54) is 17.7 Å². The van der Waals surface area contributed by atoms with Crippen LogP contribution < -0.4 is 10.1 Å². The van der Waals surface area contributed by atoms with Gasteiger partial charge >= 0.3 is 6.18 Å². The van der Waals surface area contributed by atoms with Crippen LogP contribution in [0.3, 0.4) is 0 Å². The maximum Gasteiger partial charge on any atom is 0.416 e. The lowest BCUT2D eigenvalue weighted by Crippen LogP contribution is -2.83. The van der Waals surface area contributed by atoms with E-state index in [4.69, 9.17) is 4.74 Å². The monoisotopic (exact) mass is 296 g/mol. The maximum absolute atomic E-state index is 12.5. The summed E-state index contributed by atoms with van der Waals surface area (Å²) in [7, 11) is 0. The first-order valence-electron chi connectivity index (χ1n) is 6.71. The van der Waals surface area contributed by atoms with Crippen molar-refractivity contribution >= 4 is 0 Å². The van der Waals surface area contributed by atoms with Crippen LogP contribution in [0, 0.1) is 0 Å². The van der Waals surface area contributed by atoms with E-state index in [2.05, 4.69) is 5.32 Å². The fourth-order valence-electron chi connectivity index (χ4n) is 1.91. The Morgan fingerprint density at radius 2 is 1.71 bits per heavy atom. The molecule has 0 saturated heterocycles. The van der Waals surface area contributed by atoms with Gasteiger partial charge in [-0.3, -0.25) is 0 Å². The molecule has 112 valence electrons. The number of alkyl halides is 3. The second-order valence-corrected chi connectivity index (χ2v) is 4.64. The molecule has 0 aromatic heterocycles. The first kappa shape index (κ1) is 15.4. The number of hydrogen-bond acceptors (Lipinski definition) is 1. The molecule has 2 nitrogen and oxygen atoms in total. The van der Waals surface area contributed by atoms with Crippen LogP contribution in [-0.4, -0.2) is 13.2 Å². The Hall–Kier alpha value is -2.01. The zero-order valence-corrected chi connectivity index (χ0v) is 11.4. The molecule has 0 fully saturated rings. The normalized spacial score (nSPS) is 11.4. The number of benzene rings is 2. The summed E-state index contributed by atoms with van der Waals surface area (Å²) in [5.41, 5.74) is 0.518. The minimum atomic E-state index is -4.33. The number of quaternary nitrogens is 1. The topological polar surface area (TPSA) is 25.8 Å². The SMILES string of the molecule is FC(F)(F)c1cccc(OCC[NH2+]Cc2ccccc2)c1. The van der Waals surface area contributed by atoms with Crippen molar-refractivity contribution in [3.8, 4) is 5.75 Å². The van der Waals surface area contributed by atoms with Gasteiger partial charge in [0.05, 0.1) is 5.56 Å². The quantitative estimate of drug-likeness (QED) is 0.815. The third-order valence-corrected chi connectivity index (χ3v) is 2.97. The van der Waals surface area contributed by atoms with Crippen molar-refractivity contribution in [2.75, 3.05) is 13.2 Å². The van der Waals surface area contributed by atoms with Gasteiger partial charge in [0, 0.05) is 5.56 Å². The largest absolute Gasteiger partial charge is 0.488 e. The standard InChI is InChI=1S/C16H16F3NO/c17-16(18,19)14-7-4-8-15(11-14)21-10-9-20-12-13-5-2-1-3-6-13/h1-8,11,20H,9-10,12H2/p+1. The molecule has 2 aromatic carbocycles. The summed E-state index contributed by atoms with van der Waals surface area (Å²) < 4.78 is 43.0. The highest BCUT2D eigenvalue weighted by Crippen LogP contribution is 2.31. The number of nitrogens with two attached hydrogens (primary N) is 1.